The number of sulfone groups is 1. The number of hydrogen-bond acceptors (Lipinski definition) is 4. The minimum Gasteiger partial charge on any atom is -0.480 e. The van der Waals surface area contributed by atoms with E-state index >= 15 is 0 Å². The summed E-state index contributed by atoms with van der Waals surface area (Å²) in [6, 6.07) is -0.868. The first kappa shape index (κ1) is 13.0. The maximum Gasteiger partial charge on any atom is 0.326 e. The lowest BCUT2D eigenvalue weighted by atomic mass is 10.2. The van der Waals surface area contributed by atoms with Crippen LogP contribution in [0, 0.1) is 5.92 Å². The third-order valence-corrected chi connectivity index (χ3v) is 3.32. The van der Waals surface area contributed by atoms with Crippen molar-refractivity contribution in [3.8, 4) is 0 Å². The van der Waals surface area contributed by atoms with Gasteiger partial charge in [-0.2, -0.15) is 0 Å². The van der Waals surface area contributed by atoms with Crippen molar-refractivity contribution in [1.29, 1.82) is 0 Å². The van der Waals surface area contributed by atoms with Gasteiger partial charge in [0, 0.05) is 12.7 Å². The maximum absolute atomic E-state index is 11.3. The van der Waals surface area contributed by atoms with Crippen LogP contribution >= 0.6 is 0 Å². The lowest BCUT2D eigenvalue weighted by Gasteiger charge is -2.12. The summed E-state index contributed by atoms with van der Waals surface area (Å²) in [5.41, 5.74) is 0. The Balaban J connectivity index is 2.40. The van der Waals surface area contributed by atoms with Gasteiger partial charge in [0.15, 0.2) is 0 Å². The lowest BCUT2D eigenvalue weighted by Crippen LogP contribution is -2.42. The number of carboxylic acid groups (broad SMARTS) is 1. The molecule has 1 aliphatic rings. The molecule has 6 nitrogen and oxygen atoms in total. The molecule has 1 saturated carbocycles. The second kappa shape index (κ2) is 4.82. The van der Waals surface area contributed by atoms with Crippen molar-refractivity contribution in [3.63, 3.8) is 0 Å². The van der Waals surface area contributed by atoms with E-state index in [0.717, 1.165) is 19.1 Å². The third-order valence-electron chi connectivity index (χ3n) is 2.38. The Morgan fingerprint density at radius 1 is 1.44 bits per heavy atom. The predicted octanol–water partition coefficient (Wildman–Crippen LogP) is -0.599. The van der Waals surface area contributed by atoms with Crippen molar-refractivity contribution in [2.45, 2.75) is 25.3 Å². The largest absolute Gasteiger partial charge is 0.480 e. The maximum atomic E-state index is 11.3. The molecule has 16 heavy (non-hydrogen) atoms. The predicted molar refractivity (Wildman–Crippen MR) is 56.6 cm³/mol. The first-order chi connectivity index (χ1) is 7.29. The van der Waals surface area contributed by atoms with Gasteiger partial charge in [0.25, 0.3) is 0 Å². The number of nitrogens with one attached hydrogen (secondary N) is 1. The molecule has 1 fully saturated rings. The van der Waals surface area contributed by atoms with Crippen LogP contribution in [-0.2, 0) is 19.4 Å². The topological polar surface area (TPSA) is 101 Å². The van der Waals surface area contributed by atoms with Crippen molar-refractivity contribution < 1.29 is 23.1 Å². The third kappa shape index (κ3) is 4.61. The highest BCUT2D eigenvalue weighted by molar-refractivity contribution is 7.90. The van der Waals surface area contributed by atoms with Crippen molar-refractivity contribution in [2.75, 3.05) is 12.0 Å². The van der Waals surface area contributed by atoms with Gasteiger partial charge in [0.2, 0.25) is 5.91 Å². The zero-order chi connectivity index (χ0) is 12.3. The van der Waals surface area contributed by atoms with Gasteiger partial charge in [-0.05, 0) is 18.8 Å². The normalized spacial score (nSPS) is 17.8. The van der Waals surface area contributed by atoms with Crippen LogP contribution in [-0.4, -0.2) is 43.5 Å². The molecule has 0 aliphatic heterocycles. The molecule has 7 heteroatoms. The Morgan fingerprint density at radius 2 is 2.00 bits per heavy atom. The van der Waals surface area contributed by atoms with E-state index in [4.69, 9.17) is 5.11 Å². The number of amides is 1. The molecular formula is C9H15NO5S. The van der Waals surface area contributed by atoms with Gasteiger partial charge in [0.05, 0.1) is 5.75 Å². The molecule has 1 atom stereocenters. The van der Waals surface area contributed by atoms with Gasteiger partial charge < -0.3 is 10.4 Å². The van der Waals surface area contributed by atoms with Crippen molar-refractivity contribution in [2.24, 2.45) is 5.92 Å². The number of carbonyl (C=O) groups excluding carboxylic acids is 1. The summed E-state index contributed by atoms with van der Waals surface area (Å²) in [7, 11) is -3.19. The molecule has 1 amide bonds. The van der Waals surface area contributed by atoms with Crippen molar-refractivity contribution >= 4 is 21.7 Å². The van der Waals surface area contributed by atoms with E-state index in [1.165, 1.54) is 0 Å². The van der Waals surface area contributed by atoms with Crippen LogP contribution in [0.2, 0.25) is 0 Å². The second-order valence-corrected chi connectivity index (χ2v) is 6.36. The number of rotatable bonds is 6. The molecule has 0 aromatic carbocycles. The quantitative estimate of drug-likeness (QED) is 0.654. The zero-order valence-corrected chi connectivity index (χ0v) is 9.79. The Bertz CT molecular complexity index is 385. The first-order valence-electron chi connectivity index (χ1n) is 4.99. The van der Waals surface area contributed by atoms with E-state index in [9.17, 15) is 18.0 Å². The van der Waals surface area contributed by atoms with Crippen molar-refractivity contribution in [3.05, 3.63) is 0 Å². The summed E-state index contributed by atoms with van der Waals surface area (Å²) in [5.74, 6) is -1.84. The fourth-order valence-electron chi connectivity index (χ4n) is 1.33. The number of aliphatic carboxylic acids is 1. The van der Waals surface area contributed by atoms with Gasteiger partial charge >= 0.3 is 5.97 Å². The fourth-order valence-corrected chi connectivity index (χ4v) is 1.89. The smallest absolute Gasteiger partial charge is 0.326 e. The minimum atomic E-state index is -3.19. The highest BCUT2D eigenvalue weighted by atomic mass is 32.2. The van der Waals surface area contributed by atoms with E-state index in [1.54, 1.807) is 0 Å². The number of carbonyl (C=O) groups is 2. The van der Waals surface area contributed by atoms with Crippen LogP contribution in [0.1, 0.15) is 19.3 Å². The van der Waals surface area contributed by atoms with Gasteiger partial charge in [-0.3, -0.25) is 4.79 Å². The minimum absolute atomic E-state index is 0.000293. The fraction of sp³-hybridized carbons (Fsp3) is 0.778. The molecule has 0 aromatic rings. The molecule has 0 saturated heterocycles. The molecule has 1 rings (SSSR count). The van der Waals surface area contributed by atoms with E-state index in [1.807, 2.05) is 0 Å². The highest BCUT2D eigenvalue weighted by Crippen LogP contribution is 2.32. The molecule has 1 aliphatic carbocycles. The molecule has 0 radical (unpaired) electrons. The van der Waals surface area contributed by atoms with E-state index in [0.29, 0.717) is 0 Å². The monoisotopic (exact) mass is 249 g/mol. The van der Waals surface area contributed by atoms with Crippen molar-refractivity contribution in [1.82, 2.24) is 5.32 Å². The summed E-state index contributed by atoms with van der Waals surface area (Å²) >= 11 is 0. The Kier molecular flexibility index (Phi) is 3.90. The van der Waals surface area contributed by atoms with Crippen LogP contribution < -0.4 is 5.32 Å². The lowest BCUT2D eigenvalue weighted by molar-refractivity contribution is -0.142. The van der Waals surface area contributed by atoms with Crippen LogP contribution in [0.15, 0.2) is 0 Å². The SMILES string of the molecule is CS(=O)(=O)CCC(=O)NC(C(=O)O)C1CC1. The Morgan fingerprint density at radius 3 is 2.38 bits per heavy atom. The zero-order valence-electron chi connectivity index (χ0n) is 8.97. The summed E-state index contributed by atoms with van der Waals surface area (Å²) < 4.78 is 21.6. The van der Waals surface area contributed by atoms with Crippen LogP contribution in [0.25, 0.3) is 0 Å². The molecule has 0 spiro atoms. The molecule has 1 unspecified atom stereocenters. The van der Waals surface area contributed by atoms with E-state index in [-0.39, 0.29) is 18.1 Å². The average molecular weight is 249 g/mol. The highest BCUT2D eigenvalue weighted by Gasteiger charge is 2.37. The molecule has 0 aromatic heterocycles. The summed E-state index contributed by atoms with van der Waals surface area (Å²) in [4.78, 5) is 22.1. The van der Waals surface area contributed by atoms with E-state index < -0.39 is 27.8 Å². The van der Waals surface area contributed by atoms with Gasteiger partial charge in [-0.25, -0.2) is 13.2 Å². The average Bonchev–Trinajstić information content (AvgIpc) is 2.92. The number of carboxylic acids is 1. The Labute approximate surface area is 93.9 Å². The summed E-state index contributed by atoms with van der Waals surface area (Å²) in [6.07, 6.45) is 2.44. The van der Waals surface area contributed by atoms with Crippen LogP contribution in [0.4, 0.5) is 0 Å². The van der Waals surface area contributed by atoms with E-state index in [2.05, 4.69) is 5.32 Å². The molecule has 2 N–H and O–H groups in total. The van der Waals surface area contributed by atoms with Crippen LogP contribution in [0.5, 0.6) is 0 Å². The Hall–Kier alpha value is -1.11. The molecule has 92 valence electrons. The first-order valence-corrected chi connectivity index (χ1v) is 7.05. The molecule has 0 bridgehead atoms. The standard InChI is InChI=1S/C9H15NO5S/c1-16(14,15)5-4-7(11)10-8(9(12)13)6-2-3-6/h6,8H,2-5H2,1H3,(H,10,11)(H,12,13). The summed E-state index contributed by atoms with van der Waals surface area (Å²) in [5, 5.41) is 11.2. The van der Waals surface area contributed by atoms with Gasteiger partial charge in [0.1, 0.15) is 15.9 Å². The molecule has 0 heterocycles. The van der Waals surface area contributed by atoms with Crippen LogP contribution in [0.3, 0.4) is 0 Å². The van der Waals surface area contributed by atoms with Gasteiger partial charge in [-0.1, -0.05) is 0 Å². The summed E-state index contributed by atoms with van der Waals surface area (Å²) in [6.45, 7) is 0. The second-order valence-electron chi connectivity index (χ2n) is 4.10. The van der Waals surface area contributed by atoms with Gasteiger partial charge in [-0.15, -0.1) is 0 Å². The number of hydrogen-bond donors (Lipinski definition) is 2. The molecular weight excluding hydrogens is 234 g/mol.